The van der Waals surface area contributed by atoms with Gasteiger partial charge in [-0.2, -0.15) is 0 Å². The molecule has 0 saturated heterocycles. The fourth-order valence-corrected chi connectivity index (χ4v) is 3.59. The van der Waals surface area contributed by atoms with E-state index in [0.29, 0.717) is 15.7 Å². The summed E-state index contributed by atoms with van der Waals surface area (Å²) in [7, 11) is 0. The quantitative estimate of drug-likeness (QED) is 0.801. The summed E-state index contributed by atoms with van der Waals surface area (Å²) in [6.45, 7) is 7.34. The average molecular weight is 325 g/mol. The monoisotopic (exact) mass is 325 g/mol. The SMILES string of the molecule is Cc1nc(NC(=O)Nc2sc(C)c(C)c2C(=O)O)sc1C. The Bertz CT molecular complexity index is 699. The van der Waals surface area contributed by atoms with E-state index in [1.807, 2.05) is 20.8 Å². The van der Waals surface area contributed by atoms with Gasteiger partial charge < -0.3 is 5.11 Å². The average Bonchev–Trinajstić information content (AvgIpc) is 2.80. The fraction of sp³-hybridized carbons (Fsp3) is 0.308. The van der Waals surface area contributed by atoms with Crippen molar-refractivity contribution < 1.29 is 14.7 Å². The van der Waals surface area contributed by atoms with Crippen molar-refractivity contribution in [2.75, 3.05) is 10.6 Å². The number of aromatic nitrogens is 1. The molecule has 2 aromatic heterocycles. The fourth-order valence-electron chi connectivity index (χ4n) is 1.73. The first-order valence-corrected chi connectivity index (χ1v) is 7.78. The van der Waals surface area contributed by atoms with Crippen LogP contribution in [0.25, 0.3) is 0 Å². The maximum atomic E-state index is 12.0. The molecule has 2 aromatic rings. The van der Waals surface area contributed by atoms with Crippen molar-refractivity contribution in [3.63, 3.8) is 0 Å². The molecule has 0 unspecified atom stereocenters. The number of thiazole rings is 1. The number of hydrogen-bond acceptors (Lipinski definition) is 5. The van der Waals surface area contributed by atoms with Crippen molar-refractivity contribution in [2.45, 2.75) is 27.7 Å². The Hall–Kier alpha value is -1.93. The van der Waals surface area contributed by atoms with Gasteiger partial charge in [-0.15, -0.1) is 22.7 Å². The summed E-state index contributed by atoms with van der Waals surface area (Å²) in [6.07, 6.45) is 0. The number of carbonyl (C=O) groups excluding carboxylic acids is 1. The Morgan fingerprint density at radius 3 is 2.24 bits per heavy atom. The summed E-state index contributed by atoms with van der Waals surface area (Å²) in [5, 5.41) is 15.3. The van der Waals surface area contributed by atoms with Crippen molar-refractivity contribution in [1.82, 2.24) is 4.98 Å². The molecule has 0 spiro atoms. The van der Waals surface area contributed by atoms with E-state index in [9.17, 15) is 14.7 Å². The third-order valence-electron chi connectivity index (χ3n) is 3.08. The summed E-state index contributed by atoms with van der Waals surface area (Å²) in [5.41, 5.74) is 1.67. The molecule has 0 aliphatic carbocycles. The molecular weight excluding hydrogens is 310 g/mol. The highest BCUT2D eigenvalue weighted by atomic mass is 32.1. The number of nitrogens with one attached hydrogen (secondary N) is 2. The van der Waals surface area contributed by atoms with Crippen LogP contribution < -0.4 is 10.6 Å². The van der Waals surface area contributed by atoms with Crippen molar-refractivity contribution >= 4 is 44.8 Å². The highest BCUT2D eigenvalue weighted by Gasteiger charge is 2.20. The molecule has 6 nitrogen and oxygen atoms in total. The third kappa shape index (κ3) is 3.22. The first-order valence-electron chi connectivity index (χ1n) is 6.15. The molecular formula is C13H15N3O3S2. The van der Waals surface area contributed by atoms with E-state index in [1.54, 1.807) is 6.92 Å². The highest BCUT2D eigenvalue weighted by Crippen LogP contribution is 2.32. The van der Waals surface area contributed by atoms with Crippen molar-refractivity contribution in [2.24, 2.45) is 0 Å². The van der Waals surface area contributed by atoms with Crippen LogP contribution in [0.5, 0.6) is 0 Å². The van der Waals surface area contributed by atoms with E-state index in [-0.39, 0.29) is 5.56 Å². The van der Waals surface area contributed by atoms with E-state index in [0.717, 1.165) is 15.4 Å². The minimum absolute atomic E-state index is 0.138. The standard InChI is InChI=1S/C13H15N3O3S2/c1-5-7(3)20-10(9(5)11(17)18)15-12(19)16-13-14-6(2)8(4)21-13/h1-4H3,(H,17,18)(H2,14,15,16,19). The molecule has 2 heterocycles. The maximum absolute atomic E-state index is 12.0. The van der Waals surface area contributed by atoms with Gasteiger partial charge in [-0.05, 0) is 33.3 Å². The summed E-state index contributed by atoms with van der Waals surface area (Å²) in [5.74, 6) is -1.05. The molecule has 21 heavy (non-hydrogen) atoms. The van der Waals surface area contributed by atoms with E-state index >= 15 is 0 Å². The predicted octanol–water partition coefficient (Wildman–Crippen LogP) is 3.78. The number of thiophene rings is 1. The Kier molecular flexibility index (Phi) is 4.29. The zero-order valence-electron chi connectivity index (χ0n) is 12.0. The molecule has 0 saturated carbocycles. The number of anilines is 2. The Morgan fingerprint density at radius 2 is 1.71 bits per heavy atom. The first-order chi connectivity index (χ1) is 9.79. The van der Waals surface area contributed by atoms with Crippen LogP contribution in [0.2, 0.25) is 0 Å². The second-order valence-electron chi connectivity index (χ2n) is 4.53. The number of nitrogens with zero attached hydrogens (tertiary/aromatic N) is 1. The summed E-state index contributed by atoms with van der Waals surface area (Å²) in [4.78, 5) is 29.3. The van der Waals surface area contributed by atoms with Crippen molar-refractivity contribution in [3.8, 4) is 0 Å². The van der Waals surface area contributed by atoms with Crippen molar-refractivity contribution in [1.29, 1.82) is 0 Å². The maximum Gasteiger partial charge on any atom is 0.338 e. The zero-order chi connectivity index (χ0) is 15.7. The lowest BCUT2D eigenvalue weighted by atomic mass is 10.1. The molecule has 0 aliphatic rings. The number of carbonyl (C=O) groups is 2. The number of rotatable bonds is 3. The molecule has 0 fully saturated rings. The number of carboxylic acids is 1. The van der Waals surface area contributed by atoms with Gasteiger partial charge in [-0.25, -0.2) is 14.6 Å². The van der Waals surface area contributed by atoms with Gasteiger partial charge in [0.2, 0.25) is 0 Å². The van der Waals surface area contributed by atoms with Gasteiger partial charge in [0.1, 0.15) is 5.00 Å². The minimum Gasteiger partial charge on any atom is -0.478 e. The number of amides is 2. The molecule has 0 bridgehead atoms. The van der Waals surface area contributed by atoms with Gasteiger partial charge in [0.25, 0.3) is 0 Å². The smallest absolute Gasteiger partial charge is 0.338 e. The highest BCUT2D eigenvalue weighted by molar-refractivity contribution is 7.17. The van der Waals surface area contributed by atoms with Crippen LogP contribution in [0, 0.1) is 27.7 Å². The lowest BCUT2D eigenvalue weighted by Crippen LogP contribution is -2.20. The number of aromatic carboxylic acids is 1. The van der Waals surface area contributed by atoms with Gasteiger partial charge in [-0.1, -0.05) is 0 Å². The van der Waals surface area contributed by atoms with E-state index < -0.39 is 12.0 Å². The van der Waals surface area contributed by atoms with Crippen molar-refractivity contribution in [3.05, 3.63) is 26.6 Å². The van der Waals surface area contributed by atoms with Gasteiger partial charge in [0.15, 0.2) is 5.13 Å². The van der Waals surface area contributed by atoms with Crippen LogP contribution in [0.4, 0.5) is 14.9 Å². The largest absolute Gasteiger partial charge is 0.478 e. The summed E-state index contributed by atoms with van der Waals surface area (Å²) < 4.78 is 0. The Labute approximate surface area is 129 Å². The molecule has 0 aliphatic heterocycles. The second kappa shape index (κ2) is 5.82. The van der Waals surface area contributed by atoms with Gasteiger partial charge in [0.05, 0.1) is 11.3 Å². The van der Waals surface area contributed by atoms with Gasteiger partial charge in [-0.3, -0.25) is 10.6 Å². The second-order valence-corrected chi connectivity index (χ2v) is 6.96. The third-order valence-corrected chi connectivity index (χ3v) is 5.19. The molecule has 0 atom stereocenters. The van der Waals surface area contributed by atoms with E-state index in [4.69, 9.17) is 0 Å². The molecule has 3 N–H and O–H groups in total. The van der Waals surface area contributed by atoms with Crippen LogP contribution in [0.1, 0.15) is 31.4 Å². The molecule has 0 aromatic carbocycles. The first kappa shape index (κ1) is 15.5. The van der Waals surface area contributed by atoms with E-state index in [1.165, 1.54) is 22.7 Å². The molecule has 8 heteroatoms. The number of urea groups is 1. The van der Waals surface area contributed by atoms with Crippen LogP contribution in [-0.4, -0.2) is 22.1 Å². The molecule has 2 amide bonds. The predicted molar refractivity (Wildman–Crippen MR) is 85.0 cm³/mol. The topological polar surface area (TPSA) is 91.3 Å². The minimum atomic E-state index is -1.05. The summed E-state index contributed by atoms with van der Waals surface area (Å²) in [6, 6.07) is -0.493. The van der Waals surface area contributed by atoms with Crippen LogP contribution >= 0.6 is 22.7 Å². The number of carboxylic acid groups (broad SMARTS) is 1. The Balaban J connectivity index is 2.16. The van der Waals surface area contributed by atoms with Gasteiger partial charge >= 0.3 is 12.0 Å². The number of aryl methyl sites for hydroxylation is 3. The summed E-state index contributed by atoms with van der Waals surface area (Å²) >= 11 is 2.62. The molecule has 0 radical (unpaired) electrons. The normalized spacial score (nSPS) is 10.5. The number of hydrogen-bond donors (Lipinski definition) is 3. The van der Waals surface area contributed by atoms with Crippen LogP contribution in [0.3, 0.4) is 0 Å². The lowest BCUT2D eigenvalue weighted by Gasteiger charge is -2.04. The van der Waals surface area contributed by atoms with Gasteiger partial charge in [0, 0.05) is 9.75 Å². The lowest BCUT2D eigenvalue weighted by molar-refractivity contribution is 0.0697. The zero-order valence-corrected chi connectivity index (χ0v) is 13.7. The molecule has 112 valence electrons. The van der Waals surface area contributed by atoms with Crippen LogP contribution in [-0.2, 0) is 0 Å². The Morgan fingerprint density at radius 1 is 1.05 bits per heavy atom. The van der Waals surface area contributed by atoms with Crippen LogP contribution in [0.15, 0.2) is 0 Å². The van der Waals surface area contributed by atoms with E-state index in [2.05, 4.69) is 15.6 Å². The molecule has 2 rings (SSSR count).